The highest BCUT2D eigenvalue weighted by molar-refractivity contribution is 5.92. The number of benzene rings is 1. The first-order valence-electron chi connectivity index (χ1n) is 8.87. The monoisotopic (exact) mass is 339 g/mol. The summed E-state index contributed by atoms with van der Waals surface area (Å²) in [5.41, 5.74) is 1.85. The number of hydrogen-bond donors (Lipinski definition) is 0. The van der Waals surface area contributed by atoms with Crippen molar-refractivity contribution in [2.45, 2.75) is 32.6 Å². The van der Waals surface area contributed by atoms with Gasteiger partial charge in [0.2, 0.25) is 0 Å². The number of rotatable bonds is 5. The van der Waals surface area contributed by atoms with Gasteiger partial charge < -0.3 is 9.64 Å². The number of likely N-dealkylation sites (tertiary alicyclic amines) is 1. The van der Waals surface area contributed by atoms with Crippen molar-refractivity contribution in [2.75, 3.05) is 20.2 Å². The van der Waals surface area contributed by atoms with Gasteiger partial charge in [-0.1, -0.05) is 12.1 Å². The molecule has 25 heavy (non-hydrogen) atoms. The molecule has 0 saturated carbocycles. The summed E-state index contributed by atoms with van der Waals surface area (Å²) in [6, 6.07) is 10.00. The molecule has 5 heteroatoms. The molecule has 0 radical (unpaired) electrons. The van der Waals surface area contributed by atoms with Crippen LogP contribution in [0.1, 0.15) is 41.1 Å². The van der Waals surface area contributed by atoms with E-state index in [1.807, 2.05) is 24.0 Å². The Morgan fingerprint density at radius 2 is 1.92 bits per heavy atom. The van der Waals surface area contributed by atoms with E-state index in [4.69, 9.17) is 4.74 Å². The molecule has 1 aromatic heterocycles. The standard InChI is InChI=1S/C20H25N3O2/c1-15-21-12-9-19(22-15)20(24)23-13-10-17(11-14-23)4-3-16-5-7-18(25-2)8-6-16/h5-9,12,17H,3-4,10-11,13-14H2,1-2H3. The minimum atomic E-state index is 0.0269. The van der Waals surface area contributed by atoms with Crippen LogP contribution in [0.3, 0.4) is 0 Å². The fourth-order valence-corrected chi connectivity index (χ4v) is 3.33. The van der Waals surface area contributed by atoms with E-state index in [0.717, 1.165) is 38.1 Å². The lowest BCUT2D eigenvalue weighted by atomic mass is 9.90. The molecule has 0 spiro atoms. The smallest absolute Gasteiger partial charge is 0.272 e. The third kappa shape index (κ3) is 4.56. The Labute approximate surface area is 149 Å². The van der Waals surface area contributed by atoms with Crippen molar-refractivity contribution in [3.63, 3.8) is 0 Å². The van der Waals surface area contributed by atoms with Crippen molar-refractivity contribution in [3.05, 3.63) is 53.6 Å². The number of carbonyl (C=O) groups is 1. The van der Waals surface area contributed by atoms with Crippen LogP contribution in [0.25, 0.3) is 0 Å². The molecule has 0 bridgehead atoms. The maximum absolute atomic E-state index is 12.5. The van der Waals surface area contributed by atoms with E-state index in [1.54, 1.807) is 19.4 Å². The van der Waals surface area contributed by atoms with E-state index in [2.05, 4.69) is 22.1 Å². The zero-order valence-corrected chi connectivity index (χ0v) is 14.9. The molecule has 0 atom stereocenters. The lowest BCUT2D eigenvalue weighted by Gasteiger charge is -2.32. The Hall–Kier alpha value is -2.43. The summed E-state index contributed by atoms with van der Waals surface area (Å²) >= 11 is 0. The first kappa shape index (κ1) is 17.4. The van der Waals surface area contributed by atoms with Gasteiger partial charge in [0.1, 0.15) is 17.3 Å². The van der Waals surface area contributed by atoms with Crippen LogP contribution in [-0.4, -0.2) is 41.0 Å². The molecule has 3 rings (SSSR count). The highest BCUT2D eigenvalue weighted by Crippen LogP contribution is 2.24. The van der Waals surface area contributed by atoms with Crippen LogP contribution < -0.4 is 4.74 Å². The molecule has 1 fully saturated rings. The van der Waals surface area contributed by atoms with Gasteiger partial charge >= 0.3 is 0 Å². The molecule has 1 aliphatic heterocycles. The molecule has 5 nitrogen and oxygen atoms in total. The van der Waals surface area contributed by atoms with Crippen molar-refractivity contribution in [2.24, 2.45) is 5.92 Å². The van der Waals surface area contributed by atoms with Gasteiger partial charge in [0.15, 0.2) is 0 Å². The van der Waals surface area contributed by atoms with E-state index in [9.17, 15) is 4.79 Å². The molecule has 0 unspecified atom stereocenters. The zero-order valence-electron chi connectivity index (χ0n) is 14.9. The van der Waals surface area contributed by atoms with Crippen molar-refractivity contribution in [1.29, 1.82) is 0 Å². The third-order valence-electron chi connectivity index (χ3n) is 4.90. The Kier molecular flexibility index (Phi) is 5.64. The number of aromatic nitrogens is 2. The molecule has 2 heterocycles. The number of carbonyl (C=O) groups excluding carboxylic acids is 1. The second-order valence-electron chi connectivity index (χ2n) is 6.61. The van der Waals surface area contributed by atoms with Crippen molar-refractivity contribution in [1.82, 2.24) is 14.9 Å². The Morgan fingerprint density at radius 3 is 2.56 bits per heavy atom. The SMILES string of the molecule is COc1ccc(CCC2CCN(C(=O)c3ccnc(C)n3)CC2)cc1. The van der Waals surface area contributed by atoms with Gasteiger partial charge in [-0.3, -0.25) is 4.79 Å². The van der Waals surface area contributed by atoms with Crippen LogP contribution in [0.2, 0.25) is 0 Å². The van der Waals surface area contributed by atoms with Gasteiger partial charge in [0, 0.05) is 19.3 Å². The first-order chi connectivity index (χ1) is 12.2. The van der Waals surface area contributed by atoms with Crippen LogP contribution in [-0.2, 0) is 6.42 Å². The average molecular weight is 339 g/mol. The van der Waals surface area contributed by atoms with Crippen LogP contribution in [0.5, 0.6) is 5.75 Å². The summed E-state index contributed by atoms with van der Waals surface area (Å²) in [5.74, 6) is 2.24. The van der Waals surface area contributed by atoms with Crippen molar-refractivity contribution < 1.29 is 9.53 Å². The molecule has 0 N–H and O–H groups in total. The summed E-state index contributed by atoms with van der Waals surface area (Å²) in [4.78, 5) is 22.7. The lowest BCUT2D eigenvalue weighted by Crippen LogP contribution is -2.39. The Balaban J connectivity index is 1.47. The normalized spacial score (nSPS) is 15.2. The molecule has 132 valence electrons. The van der Waals surface area contributed by atoms with Gasteiger partial charge in [-0.25, -0.2) is 9.97 Å². The number of hydrogen-bond acceptors (Lipinski definition) is 4. The average Bonchev–Trinajstić information content (AvgIpc) is 2.66. The predicted molar refractivity (Wildman–Crippen MR) is 96.7 cm³/mol. The van der Waals surface area contributed by atoms with Gasteiger partial charge in [0.05, 0.1) is 7.11 Å². The Morgan fingerprint density at radius 1 is 1.20 bits per heavy atom. The van der Waals surface area contributed by atoms with Gasteiger partial charge in [-0.15, -0.1) is 0 Å². The maximum atomic E-state index is 12.5. The highest BCUT2D eigenvalue weighted by atomic mass is 16.5. The summed E-state index contributed by atoms with van der Waals surface area (Å²) in [5, 5.41) is 0. The minimum Gasteiger partial charge on any atom is -0.497 e. The fourth-order valence-electron chi connectivity index (χ4n) is 3.33. The van der Waals surface area contributed by atoms with Gasteiger partial charge in [-0.2, -0.15) is 0 Å². The predicted octanol–water partition coefficient (Wildman–Crippen LogP) is 3.28. The van der Waals surface area contributed by atoms with Crippen LogP contribution in [0, 0.1) is 12.8 Å². The third-order valence-corrected chi connectivity index (χ3v) is 4.90. The van der Waals surface area contributed by atoms with E-state index in [-0.39, 0.29) is 5.91 Å². The molecule has 2 aromatic rings. The highest BCUT2D eigenvalue weighted by Gasteiger charge is 2.24. The van der Waals surface area contributed by atoms with Gasteiger partial charge in [-0.05, 0) is 62.3 Å². The van der Waals surface area contributed by atoms with Gasteiger partial charge in [0.25, 0.3) is 5.91 Å². The van der Waals surface area contributed by atoms with Crippen LogP contribution in [0.15, 0.2) is 36.5 Å². The number of methoxy groups -OCH3 is 1. The van der Waals surface area contributed by atoms with Crippen LogP contribution >= 0.6 is 0 Å². The minimum absolute atomic E-state index is 0.0269. The van der Waals surface area contributed by atoms with E-state index in [0.29, 0.717) is 17.4 Å². The molecule has 1 saturated heterocycles. The fraction of sp³-hybridized carbons (Fsp3) is 0.450. The number of nitrogens with zero attached hydrogens (tertiary/aromatic N) is 3. The topological polar surface area (TPSA) is 55.3 Å². The van der Waals surface area contributed by atoms with Crippen LogP contribution in [0.4, 0.5) is 0 Å². The molecular weight excluding hydrogens is 314 g/mol. The molecule has 1 aliphatic rings. The second-order valence-corrected chi connectivity index (χ2v) is 6.61. The molecular formula is C20H25N3O2. The summed E-state index contributed by atoms with van der Waals surface area (Å²) < 4.78 is 5.20. The maximum Gasteiger partial charge on any atom is 0.272 e. The number of ether oxygens (including phenoxy) is 1. The van der Waals surface area contributed by atoms with Crippen molar-refractivity contribution >= 4 is 5.91 Å². The number of piperidine rings is 1. The largest absolute Gasteiger partial charge is 0.497 e. The summed E-state index contributed by atoms with van der Waals surface area (Å²) in [6.07, 6.45) is 6.02. The molecule has 0 aliphatic carbocycles. The first-order valence-corrected chi connectivity index (χ1v) is 8.87. The van der Waals surface area contributed by atoms with E-state index >= 15 is 0 Å². The van der Waals surface area contributed by atoms with E-state index in [1.165, 1.54) is 12.0 Å². The summed E-state index contributed by atoms with van der Waals surface area (Å²) in [6.45, 7) is 3.44. The van der Waals surface area contributed by atoms with Crippen molar-refractivity contribution in [3.8, 4) is 5.75 Å². The lowest BCUT2D eigenvalue weighted by molar-refractivity contribution is 0.0680. The molecule has 1 amide bonds. The Bertz CT molecular complexity index is 707. The number of aryl methyl sites for hydroxylation is 2. The number of amides is 1. The molecule has 1 aromatic carbocycles. The second kappa shape index (κ2) is 8.10. The quantitative estimate of drug-likeness (QED) is 0.839. The van der Waals surface area contributed by atoms with E-state index < -0.39 is 0 Å². The summed E-state index contributed by atoms with van der Waals surface area (Å²) in [7, 11) is 1.69. The zero-order chi connectivity index (χ0) is 17.6.